The van der Waals surface area contributed by atoms with Gasteiger partial charge in [-0.15, -0.1) is 0 Å². The highest BCUT2D eigenvalue weighted by molar-refractivity contribution is 7.58. The fraction of sp³-hybridized carbons (Fsp3) is 0.778. The highest BCUT2D eigenvalue weighted by atomic mass is 31.1. The monoisotopic (exact) mass is 154 g/mol. The number of fused-ring (bicyclic) bond motifs is 1. The van der Waals surface area contributed by atoms with E-state index in [0.29, 0.717) is 7.92 Å². The molecule has 0 amide bonds. The van der Waals surface area contributed by atoms with E-state index in [9.17, 15) is 0 Å². The highest BCUT2D eigenvalue weighted by Gasteiger charge is 2.27. The second-order valence-corrected chi connectivity index (χ2v) is 5.98. The second kappa shape index (κ2) is 2.66. The summed E-state index contributed by atoms with van der Waals surface area (Å²) in [6.45, 7) is 2.47. The zero-order valence-corrected chi connectivity index (χ0v) is 7.53. The highest BCUT2D eigenvalue weighted by Crippen LogP contribution is 2.51. The normalized spacial score (nSPS) is 39.1. The Morgan fingerprint density at radius 3 is 3.20 bits per heavy atom. The lowest BCUT2D eigenvalue weighted by molar-refractivity contribution is 0.609. The molecule has 2 atom stereocenters. The quantitative estimate of drug-likeness (QED) is 0.371. The van der Waals surface area contributed by atoms with Gasteiger partial charge in [0.05, 0.1) is 0 Å². The molecule has 10 heavy (non-hydrogen) atoms. The van der Waals surface area contributed by atoms with Crippen molar-refractivity contribution in [2.45, 2.75) is 31.3 Å². The van der Waals surface area contributed by atoms with E-state index in [1.807, 2.05) is 5.57 Å². The number of allylic oxidation sites excluding steroid dienone is 2. The van der Waals surface area contributed by atoms with Gasteiger partial charge in [-0.25, -0.2) is 0 Å². The molecule has 1 fully saturated rings. The average Bonchev–Trinajstić information content (AvgIpc) is 2.34. The topological polar surface area (TPSA) is 0 Å². The molecule has 0 spiro atoms. The lowest BCUT2D eigenvalue weighted by atomic mass is 9.95. The Morgan fingerprint density at radius 2 is 2.40 bits per heavy atom. The molecule has 1 saturated carbocycles. The van der Waals surface area contributed by atoms with Crippen LogP contribution in [0.2, 0.25) is 0 Å². The molecule has 0 saturated heterocycles. The first-order valence-electron chi connectivity index (χ1n) is 4.27. The van der Waals surface area contributed by atoms with E-state index in [1.165, 1.54) is 31.8 Å². The molecule has 56 valence electrons. The van der Waals surface area contributed by atoms with Gasteiger partial charge in [-0.1, -0.05) is 26.0 Å². The van der Waals surface area contributed by atoms with Gasteiger partial charge in [-0.2, -0.15) is 0 Å². The van der Waals surface area contributed by atoms with Crippen molar-refractivity contribution in [3.8, 4) is 0 Å². The van der Waals surface area contributed by atoms with E-state index < -0.39 is 0 Å². The van der Waals surface area contributed by atoms with Gasteiger partial charge >= 0.3 is 0 Å². The van der Waals surface area contributed by atoms with Crippen molar-refractivity contribution in [3.63, 3.8) is 0 Å². The Bertz CT molecular complexity index is 160. The minimum Gasteiger partial charge on any atom is -0.0987 e. The van der Waals surface area contributed by atoms with Crippen LogP contribution in [0.25, 0.3) is 0 Å². The second-order valence-electron chi connectivity index (χ2n) is 3.48. The van der Waals surface area contributed by atoms with Gasteiger partial charge in [0.1, 0.15) is 0 Å². The van der Waals surface area contributed by atoms with E-state index in [-0.39, 0.29) is 0 Å². The Labute approximate surface area is 64.5 Å². The summed E-state index contributed by atoms with van der Waals surface area (Å²) in [5.41, 5.74) is 2.88. The first-order chi connectivity index (χ1) is 4.88. The number of hydrogen-bond acceptors (Lipinski definition) is 0. The zero-order valence-electron chi connectivity index (χ0n) is 6.64. The summed E-state index contributed by atoms with van der Waals surface area (Å²) in [5.74, 6) is 0. The molecule has 0 unspecified atom stereocenters. The number of rotatable bonds is 0. The van der Waals surface area contributed by atoms with Crippen molar-refractivity contribution >= 4 is 7.92 Å². The Balaban J connectivity index is 2.11. The van der Waals surface area contributed by atoms with Crippen molar-refractivity contribution < 1.29 is 0 Å². The summed E-state index contributed by atoms with van der Waals surface area (Å²) >= 11 is 0. The fourth-order valence-corrected chi connectivity index (χ4v) is 4.35. The van der Waals surface area contributed by atoms with Crippen molar-refractivity contribution in [2.75, 3.05) is 12.8 Å². The van der Waals surface area contributed by atoms with E-state index in [1.54, 1.807) is 0 Å². The average molecular weight is 154 g/mol. The molecule has 0 N–H and O–H groups in total. The smallest absolute Gasteiger partial charge is 0.000101 e. The molecular formula is C9H15P. The van der Waals surface area contributed by atoms with E-state index >= 15 is 0 Å². The summed E-state index contributed by atoms with van der Waals surface area (Å²) in [4.78, 5) is 0. The van der Waals surface area contributed by atoms with Crippen LogP contribution in [0.15, 0.2) is 11.6 Å². The first kappa shape index (κ1) is 6.85. The Kier molecular flexibility index (Phi) is 1.82. The summed E-state index contributed by atoms with van der Waals surface area (Å²) in [6, 6.07) is 0. The maximum absolute atomic E-state index is 2.52. The molecule has 0 radical (unpaired) electrons. The molecule has 0 aromatic heterocycles. The third-order valence-corrected chi connectivity index (χ3v) is 5.21. The minimum atomic E-state index is 0.385. The van der Waals surface area contributed by atoms with Crippen molar-refractivity contribution in [2.24, 2.45) is 0 Å². The minimum absolute atomic E-state index is 0.385. The molecule has 0 nitrogen and oxygen atoms in total. The van der Waals surface area contributed by atoms with Gasteiger partial charge in [0.15, 0.2) is 0 Å². The standard InChI is InChI=1S/C9H15P/c1-10-7-6-8-4-2-3-5-9(8)10/h6,9H,2-5,7H2,1H3/t9-,10+/m0/s1. The lowest BCUT2D eigenvalue weighted by Gasteiger charge is -2.24. The van der Waals surface area contributed by atoms with Crippen LogP contribution < -0.4 is 0 Å². The third-order valence-electron chi connectivity index (χ3n) is 2.79. The fourth-order valence-electron chi connectivity index (χ4n) is 2.15. The SMILES string of the molecule is C[P@]1CC=C2CCCC[C@@H]21. The van der Waals surface area contributed by atoms with Crippen LogP contribution >= 0.6 is 7.92 Å². The Hall–Kier alpha value is 0.170. The summed E-state index contributed by atoms with van der Waals surface area (Å²) in [5, 5.41) is 0. The third kappa shape index (κ3) is 1.03. The van der Waals surface area contributed by atoms with Gasteiger partial charge in [-0.05, 0) is 32.1 Å². The predicted octanol–water partition coefficient (Wildman–Crippen LogP) is 2.98. The largest absolute Gasteiger partial charge is 0.0987 e. The van der Waals surface area contributed by atoms with Crippen molar-refractivity contribution in [1.29, 1.82) is 0 Å². The maximum Gasteiger partial charge on any atom is 0.000101 e. The van der Waals surface area contributed by atoms with Crippen molar-refractivity contribution in [3.05, 3.63) is 11.6 Å². The van der Waals surface area contributed by atoms with E-state index in [4.69, 9.17) is 0 Å². The lowest BCUT2D eigenvalue weighted by Crippen LogP contribution is -2.09. The molecule has 1 aliphatic carbocycles. The van der Waals surface area contributed by atoms with Crippen LogP contribution in [0.3, 0.4) is 0 Å². The van der Waals surface area contributed by atoms with Crippen LogP contribution in [0, 0.1) is 0 Å². The molecule has 2 aliphatic rings. The molecule has 0 aromatic rings. The first-order valence-corrected chi connectivity index (χ1v) is 6.31. The molecule has 0 aromatic carbocycles. The van der Waals surface area contributed by atoms with Crippen LogP contribution in [0.4, 0.5) is 0 Å². The van der Waals surface area contributed by atoms with E-state index in [2.05, 4.69) is 12.7 Å². The molecular weight excluding hydrogens is 139 g/mol. The molecule has 2 rings (SSSR count). The molecule has 1 heteroatoms. The van der Waals surface area contributed by atoms with Gasteiger partial charge in [0.25, 0.3) is 0 Å². The predicted molar refractivity (Wildman–Crippen MR) is 48.1 cm³/mol. The summed E-state index contributed by atoms with van der Waals surface area (Å²) < 4.78 is 0. The van der Waals surface area contributed by atoms with Gasteiger partial charge in [-0.3, -0.25) is 0 Å². The molecule has 1 aliphatic heterocycles. The van der Waals surface area contributed by atoms with Crippen molar-refractivity contribution in [1.82, 2.24) is 0 Å². The number of hydrogen-bond donors (Lipinski definition) is 0. The van der Waals surface area contributed by atoms with Gasteiger partial charge < -0.3 is 0 Å². The van der Waals surface area contributed by atoms with Gasteiger partial charge in [0.2, 0.25) is 0 Å². The van der Waals surface area contributed by atoms with Crippen LogP contribution in [-0.2, 0) is 0 Å². The van der Waals surface area contributed by atoms with Gasteiger partial charge in [0, 0.05) is 5.66 Å². The summed E-state index contributed by atoms with van der Waals surface area (Å²) in [7, 11) is 0.385. The van der Waals surface area contributed by atoms with E-state index in [0.717, 1.165) is 5.66 Å². The molecule has 0 bridgehead atoms. The summed E-state index contributed by atoms with van der Waals surface area (Å²) in [6.07, 6.45) is 9.84. The van der Waals surface area contributed by atoms with Crippen LogP contribution in [0.1, 0.15) is 25.7 Å². The van der Waals surface area contributed by atoms with Crippen LogP contribution in [0.5, 0.6) is 0 Å². The molecule has 1 heterocycles. The zero-order chi connectivity index (χ0) is 6.97. The maximum atomic E-state index is 2.52. The Morgan fingerprint density at radius 1 is 1.50 bits per heavy atom. The van der Waals surface area contributed by atoms with Crippen LogP contribution in [-0.4, -0.2) is 18.5 Å².